The van der Waals surface area contributed by atoms with Crippen LogP contribution in [0.5, 0.6) is 0 Å². The maximum Gasteiger partial charge on any atom is 0.157 e. The van der Waals surface area contributed by atoms with Crippen molar-refractivity contribution in [2.45, 2.75) is 34.1 Å². The van der Waals surface area contributed by atoms with Gasteiger partial charge in [0.25, 0.3) is 0 Å². The summed E-state index contributed by atoms with van der Waals surface area (Å²) in [6.07, 6.45) is 2.23. The zero-order valence-electron chi connectivity index (χ0n) is 17.8. The van der Waals surface area contributed by atoms with Crippen LogP contribution in [-0.2, 0) is 13.5 Å². The van der Waals surface area contributed by atoms with Gasteiger partial charge in [-0.2, -0.15) is 15.5 Å². The Kier molecular flexibility index (Phi) is 4.92. The number of nitriles is 1. The lowest BCUT2D eigenvalue weighted by Gasteiger charge is -2.07. The molecule has 0 aliphatic carbocycles. The van der Waals surface area contributed by atoms with Gasteiger partial charge in [0.15, 0.2) is 5.82 Å². The third-order valence-corrected chi connectivity index (χ3v) is 5.64. The van der Waals surface area contributed by atoms with Gasteiger partial charge >= 0.3 is 0 Å². The smallest absolute Gasteiger partial charge is 0.157 e. The Morgan fingerprint density at radius 2 is 1.70 bits per heavy atom. The van der Waals surface area contributed by atoms with E-state index in [1.165, 1.54) is 5.56 Å². The van der Waals surface area contributed by atoms with Gasteiger partial charge in [-0.3, -0.25) is 4.68 Å². The van der Waals surface area contributed by atoms with Crippen molar-refractivity contribution in [2.24, 2.45) is 7.05 Å². The molecule has 0 N–H and O–H groups in total. The molecule has 0 aliphatic rings. The lowest BCUT2D eigenvalue weighted by molar-refractivity contribution is 0.718. The second kappa shape index (κ2) is 7.56. The predicted octanol–water partition coefficient (Wildman–Crippen LogP) is 3.76. The normalized spacial score (nSPS) is 10.9. The van der Waals surface area contributed by atoms with E-state index in [0.29, 0.717) is 12.0 Å². The molecular formula is C23H23N7. The van der Waals surface area contributed by atoms with Gasteiger partial charge in [0, 0.05) is 36.5 Å². The molecule has 4 rings (SSSR count). The van der Waals surface area contributed by atoms with Crippen LogP contribution in [0.3, 0.4) is 0 Å². The molecule has 0 amide bonds. The minimum absolute atomic E-state index is 0.638. The van der Waals surface area contributed by atoms with Gasteiger partial charge in [-0.05, 0) is 51.0 Å². The predicted molar refractivity (Wildman–Crippen MR) is 114 cm³/mol. The molecule has 4 aromatic rings. The first-order valence-corrected chi connectivity index (χ1v) is 9.76. The highest BCUT2D eigenvalue weighted by Crippen LogP contribution is 2.26. The highest BCUT2D eigenvalue weighted by atomic mass is 15.3. The second-order valence-corrected chi connectivity index (χ2v) is 7.49. The van der Waals surface area contributed by atoms with Gasteiger partial charge in [0.1, 0.15) is 6.33 Å². The molecule has 0 unspecified atom stereocenters. The first-order valence-electron chi connectivity index (χ1n) is 9.76. The monoisotopic (exact) mass is 397 g/mol. The molecular weight excluding hydrogens is 374 g/mol. The minimum Gasteiger partial charge on any atom is -0.271 e. The molecule has 7 heteroatoms. The summed E-state index contributed by atoms with van der Waals surface area (Å²) in [7, 11) is 1.95. The highest BCUT2D eigenvalue weighted by Gasteiger charge is 2.16. The van der Waals surface area contributed by atoms with Crippen molar-refractivity contribution in [2.75, 3.05) is 0 Å². The molecule has 0 aliphatic heterocycles. The lowest BCUT2D eigenvalue weighted by Crippen LogP contribution is -2.06. The molecule has 7 nitrogen and oxygen atoms in total. The standard InChI is InChI=1S/C23H23N7/c1-14-16(3)27-30(17(14)4)22-11-20(25-13-26-22)10-21-15(2)23(28-29(21)5)19-8-6-18(12-24)7-9-19/h6-9,11,13H,10H2,1-5H3. The van der Waals surface area contributed by atoms with Gasteiger partial charge in [-0.25, -0.2) is 14.6 Å². The van der Waals surface area contributed by atoms with Crippen LogP contribution in [0.15, 0.2) is 36.7 Å². The Morgan fingerprint density at radius 3 is 2.33 bits per heavy atom. The van der Waals surface area contributed by atoms with E-state index in [-0.39, 0.29) is 0 Å². The summed E-state index contributed by atoms with van der Waals surface area (Å²) in [5.74, 6) is 0.765. The first-order chi connectivity index (χ1) is 14.4. The van der Waals surface area contributed by atoms with Gasteiger partial charge < -0.3 is 0 Å². The van der Waals surface area contributed by atoms with E-state index in [4.69, 9.17) is 10.4 Å². The van der Waals surface area contributed by atoms with Crippen LogP contribution in [0, 0.1) is 39.0 Å². The Bertz CT molecular complexity index is 1270. The number of hydrogen-bond acceptors (Lipinski definition) is 5. The van der Waals surface area contributed by atoms with Crippen molar-refractivity contribution in [3.8, 4) is 23.1 Å². The molecule has 3 heterocycles. The van der Waals surface area contributed by atoms with Crippen LogP contribution in [0.2, 0.25) is 0 Å². The maximum absolute atomic E-state index is 9.02. The van der Waals surface area contributed by atoms with E-state index in [9.17, 15) is 0 Å². The van der Waals surface area contributed by atoms with Crippen LogP contribution < -0.4 is 0 Å². The summed E-state index contributed by atoms with van der Waals surface area (Å²) in [4.78, 5) is 8.90. The van der Waals surface area contributed by atoms with Crippen molar-refractivity contribution in [1.29, 1.82) is 5.26 Å². The Morgan fingerprint density at radius 1 is 0.967 bits per heavy atom. The fourth-order valence-corrected chi connectivity index (χ4v) is 3.60. The first kappa shape index (κ1) is 19.5. The summed E-state index contributed by atoms with van der Waals surface area (Å²) in [6, 6.07) is 11.6. The third kappa shape index (κ3) is 3.37. The fourth-order valence-electron chi connectivity index (χ4n) is 3.60. The molecule has 150 valence electrons. The summed E-state index contributed by atoms with van der Waals surface area (Å²) in [5, 5.41) is 18.3. The van der Waals surface area contributed by atoms with Crippen LogP contribution in [0.1, 0.15) is 39.5 Å². The van der Waals surface area contributed by atoms with E-state index in [1.54, 1.807) is 6.33 Å². The van der Waals surface area contributed by atoms with Crippen molar-refractivity contribution in [1.82, 2.24) is 29.5 Å². The molecule has 30 heavy (non-hydrogen) atoms. The number of benzene rings is 1. The van der Waals surface area contributed by atoms with Crippen molar-refractivity contribution >= 4 is 0 Å². The van der Waals surface area contributed by atoms with E-state index < -0.39 is 0 Å². The fraction of sp³-hybridized carbons (Fsp3) is 0.261. The molecule has 0 spiro atoms. The SMILES string of the molecule is Cc1nn(-c2cc(Cc3c(C)c(-c4ccc(C#N)cc4)nn3C)ncn2)c(C)c1C. The summed E-state index contributed by atoms with van der Waals surface area (Å²) < 4.78 is 3.77. The average molecular weight is 397 g/mol. The van der Waals surface area contributed by atoms with Gasteiger partial charge in [0.2, 0.25) is 0 Å². The second-order valence-electron chi connectivity index (χ2n) is 7.49. The number of rotatable bonds is 4. The average Bonchev–Trinajstić information content (AvgIpc) is 3.18. The molecule has 0 saturated heterocycles. The Hall–Kier alpha value is -3.79. The number of hydrogen-bond donors (Lipinski definition) is 0. The quantitative estimate of drug-likeness (QED) is 0.523. The molecule has 3 aromatic heterocycles. The van der Waals surface area contributed by atoms with Crippen LogP contribution >= 0.6 is 0 Å². The molecule has 0 radical (unpaired) electrons. The largest absolute Gasteiger partial charge is 0.271 e. The van der Waals surface area contributed by atoms with Crippen molar-refractivity contribution < 1.29 is 0 Å². The van der Waals surface area contributed by atoms with Crippen LogP contribution in [-0.4, -0.2) is 29.5 Å². The Balaban J connectivity index is 1.67. The summed E-state index contributed by atoms with van der Waals surface area (Å²) in [5.41, 5.74) is 8.90. The van der Waals surface area contributed by atoms with Crippen LogP contribution in [0.4, 0.5) is 0 Å². The third-order valence-electron chi connectivity index (χ3n) is 5.64. The maximum atomic E-state index is 9.02. The van der Waals surface area contributed by atoms with Gasteiger partial charge in [-0.15, -0.1) is 0 Å². The van der Waals surface area contributed by atoms with Crippen molar-refractivity contribution in [3.63, 3.8) is 0 Å². The summed E-state index contributed by atoms with van der Waals surface area (Å²) >= 11 is 0. The highest BCUT2D eigenvalue weighted by molar-refractivity contribution is 5.65. The zero-order chi connectivity index (χ0) is 21.4. The Labute approximate surface area is 175 Å². The number of nitrogens with zero attached hydrogens (tertiary/aromatic N) is 7. The van der Waals surface area contributed by atoms with Gasteiger partial charge in [0.05, 0.1) is 28.7 Å². The van der Waals surface area contributed by atoms with Crippen molar-refractivity contribution in [3.05, 3.63) is 76.1 Å². The summed E-state index contributed by atoms with van der Waals surface area (Å²) in [6.45, 7) is 8.19. The number of aromatic nitrogens is 6. The number of aryl methyl sites for hydroxylation is 2. The van der Waals surface area contributed by atoms with E-state index in [1.807, 2.05) is 60.6 Å². The topological polar surface area (TPSA) is 85.2 Å². The van der Waals surface area contributed by atoms with Crippen LogP contribution in [0.25, 0.3) is 17.1 Å². The van der Waals surface area contributed by atoms with Gasteiger partial charge in [-0.1, -0.05) is 12.1 Å². The molecule has 0 atom stereocenters. The van der Waals surface area contributed by atoms with E-state index >= 15 is 0 Å². The van der Waals surface area contributed by atoms with E-state index in [2.05, 4.69) is 35.0 Å². The molecule has 0 bridgehead atoms. The van der Waals surface area contributed by atoms with E-state index in [0.717, 1.165) is 45.4 Å². The molecule has 1 aromatic carbocycles. The minimum atomic E-state index is 0.638. The molecule has 0 saturated carbocycles. The lowest BCUT2D eigenvalue weighted by atomic mass is 10.0. The molecule has 0 fully saturated rings. The zero-order valence-corrected chi connectivity index (χ0v) is 17.8.